The van der Waals surface area contributed by atoms with E-state index in [9.17, 15) is 9.59 Å². The minimum absolute atomic E-state index is 0.0159. The van der Waals surface area contributed by atoms with Gasteiger partial charge in [-0.2, -0.15) is 0 Å². The number of hydrogen-bond donors (Lipinski definition) is 2. The van der Waals surface area contributed by atoms with Crippen LogP contribution < -0.4 is 15.4 Å². The van der Waals surface area contributed by atoms with Crippen LogP contribution in [0.5, 0.6) is 5.75 Å². The second-order valence-corrected chi connectivity index (χ2v) is 7.54. The van der Waals surface area contributed by atoms with Crippen LogP contribution in [0.3, 0.4) is 0 Å². The van der Waals surface area contributed by atoms with Gasteiger partial charge in [-0.15, -0.1) is 11.3 Å². The molecule has 1 aliphatic carbocycles. The van der Waals surface area contributed by atoms with Crippen LogP contribution in [-0.4, -0.2) is 18.4 Å². The van der Waals surface area contributed by atoms with E-state index in [1.165, 1.54) is 17.7 Å². The van der Waals surface area contributed by atoms with E-state index in [2.05, 4.69) is 22.1 Å². The summed E-state index contributed by atoms with van der Waals surface area (Å²) >= 11 is 1.69. The molecule has 0 spiro atoms. The number of benzene rings is 1. The first-order valence-corrected chi connectivity index (χ1v) is 9.49. The van der Waals surface area contributed by atoms with E-state index >= 15 is 0 Å². The monoisotopic (exact) mass is 356 g/mol. The van der Waals surface area contributed by atoms with Crippen molar-refractivity contribution in [3.63, 3.8) is 0 Å². The number of carbonyl (C=O) groups is 2. The van der Waals surface area contributed by atoms with Gasteiger partial charge in [-0.25, -0.2) is 0 Å². The Morgan fingerprint density at radius 2 is 2.12 bits per heavy atom. The van der Waals surface area contributed by atoms with Crippen LogP contribution >= 0.6 is 11.3 Å². The summed E-state index contributed by atoms with van der Waals surface area (Å²) in [6.45, 7) is -0.0159. The fourth-order valence-electron chi connectivity index (χ4n) is 3.62. The number of rotatable bonds is 4. The molecule has 2 heterocycles. The van der Waals surface area contributed by atoms with Gasteiger partial charge in [0.15, 0.2) is 6.61 Å². The van der Waals surface area contributed by atoms with E-state index in [-0.39, 0.29) is 24.5 Å². The first kappa shape index (κ1) is 16.1. The van der Waals surface area contributed by atoms with Gasteiger partial charge < -0.3 is 15.4 Å². The molecule has 5 nitrogen and oxygen atoms in total. The molecular formula is C19H20N2O3S. The molecule has 2 N–H and O–H groups in total. The summed E-state index contributed by atoms with van der Waals surface area (Å²) in [5.74, 6) is 0.758. The fraction of sp³-hybridized carbons (Fsp3) is 0.368. The molecule has 1 aromatic heterocycles. The molecule has 1 fully saturated rings. The zero-order chi connectivity index (χ0) is 17.2. The number of carbonyl (C=O) groups excluding carboxylic acids is 2. The highest BCUT2D eigenvalue weighted by atomic mass is 32.1. The van der Waals surface area contributed by atoms with Crippen molar-refractivity contribution < 1.29 is 14.3 Å². The van der Waals surface area contributed by atoms with Crippen LogP contribution in [0.15, 0.2) is 35.7 Å². The molecule has 1 aliphatic heterocycles. The van der Waals surface area contributed by atoms with Crippen LogP contribution in [-0.2, 0) is 4.79 Å². The second kappa shape index (κ2) is 6.88. The van der Waals surface area contributed by atoms with E-state index in [0.717, 1.165) is 12.8 Å². The normalized spacial score (nSPS) is 18.2. The van der Waals surface area contributed by atoms with Crippen molar-refractivity contribution in [2.75, 3.05) is 11.9 Å². The Balaban J connectivity index is 1.54. The SMILES string of the molecule is O=C1COc2cc(C(=O)N[C@@H](c3cccs3)C3CCCC3)ccc2N1. The highest BCUT2D eigenvalue weighted by Gasteiger charge is 2.29. The van der Waals surface area contributed by atoms with E-state index in [1.807, 2.05) is 6.07 Å². The molecular weight excluding hydrogens is 336 g/mol. The van der Waals surface area contributed by atoms with Gasteiger partial charge in [0.2, 0.25) is 0 Å². The Bertz CT molecular complexity index is 782. The smallest absolute Gasteiger partial charge is 0.262 e. The summed E-state index contributed by atoms with van der Waals surface area (Å²) in [5.41, 5.74) is 1.16. The minimum Gasteiger partial charge on any atom is -0.482 e. The van der Waals surface area contributed by atoms with Crippen LogP contribution in [0, 0.1) is 5.92 Å². The molecule has 1 aromatic carbocycles. The summed E-state index contributed by atoms with van der Waals surface area (Å²) in [7, 11) is 0. The molecule has 4 rings (SSSR count). The molecule has 25 heavy (non-hydrogen) atoms. The van der Waals surface area contributed by atoms with Crippen molar-refractivity contribution in [3.05, 3.63) is 46.2 Å². The number of nitrogens with one attached hydrogen (secondary N) is 2. The average molecular weight is 356 g/mol. The number of anilines is 1. The van der Waals surface area contributed by atoms with Gasteiger partial charge in [-0.3, -0.25) is 9.59 Å². The minimum atomic E-state index is -0.177. The Hall–Kier alpha value is -2.34. The fourth-order valence-corrected chi connectivity index (χ4v) is 4.49. The molecule has 2 aromatic rings. The highest BCUT2D eigenvalue weighted by molar-refractivity contribution is 7.10. The van der Waals surface area contributed by atoms with E-state index in [0.29, 0.717) is 22.9 Å². The Labute approximate surface area is 150 Å². The van der Waals surface area contributed by atoms with Crippen molar-refractivity contribution in [1.29, 1.82) is 0 Å². The third-order valence-electron chi connectivity index (χ3n) is 4.88. The molecule has 1 atom stereocenters. The van der Waals surface area contributed by atoms with Crippen molar-refractivity contribution in [1.82, 2.24) is 5.32 Å². The predicted octanol–water partition coefficient (Wildman–Crippen LogP) is 3.74. The van der Waals surface area contributed by atoms with Gasteiger partial charge in [-0.05, 0) is 48.4 Å². The molecule has 0 saturated heterocycles. The summed E-state index contributed by atoms with van der Waals surface area (Å²) in [6, 6.07) is 9.33. The number of fused-ring (bicyclic) bond motifs is 1. The summed E-state index contributed by atoms with van der Waals surface area (Å²) in [5, 5.41) is 8.02. The van der Waals surface area contributed by atoms with Crippen molar-refractivity contribution >= 4 is 28.8 Å². The Morgan fingerprint density at radius 3 is 2.88 bits per heavy atom. The molecule has 130 valence electrons. The number of amides is 2. The standard InChI is InChI=1S/C19H20N2O3S/c22-17-11-24-15-10-13(7-8-14(15)20-17)19(23)21-18(12-4-1-2-5-12)16-6-3-9-25-16/h3,6-10,12,18H,1-2,4-5,11H2,(H,20,22)(H,21,23)/t18-/m1/s1. The third kappa shape index (κ3) is 3.39. The van der Waals surface area contributed by atoms with Gasteiger partial charge in [0.05, 0.1) is 11.7 Å². The topological polar surface area (TPSA) is 67.4 Å². The lowest BCUT2D eigenvalue weighted by atomic mass is 9.96. The van der Waals surface area contributed by atoms with Gasteiger partial charge >= 0.3 is 0 Å². The van der Waals surface area contributed by atoms with Crippen LogP contribution in [0.1, 0.15) is 47.0 Å². The zero-order valence-electron chi connectivity index (χ0n) is 13.8. The number of hydrogen-bond acceptors (Lipinski definition) is 4. The summed E-state index contributed by atoms with van der Waals surface area (Å²) < 4.78 is 5.41. The second-order valence-electron chi connectivity index (χ2n) is 6.56. The summed E-state index contributed by atoms with van der Waals surface area (Å²) in [4.78, 5) is 25.4. The van der Waals surface area contributed by atoms with E-state index < -0.39 is 0 Å². The van der Waals surface area contributed by atoms with Gasteiger partial charge in [0, 0.05) is 10.4 Å². The molecule has 0 radical (unpaired) electrons. The lowest BCUT2D eigenvalue weighted by molar-refractivity contribution is -0.118. The van der Waals surface area contributed by atoms with Gasteiger partial charge in [0.25, 0.3) is 11.8 Å². The average Bonchev–Trinajstić information content (AvgIpc) is 3.33. The van der Waals surface area contributed by atoms with Crippen LogP contribution in [0.4, 0.5) is 5.69 Å². The Morgan fingerprint density at radius 1 is 1.28 bits per heavy atom. The van der Waals surface area contributed by atoms with Crippen LogP contribution in [0.2, 0.25) is 0 Å². The van der Waals surface area contributed by atoms with E-state index in [1.54, 1.807) is 29.5 Å². The molecule has 6 heteroatoms. The molecule has 0 bridgehead atoms. The maximum Gasteiger partial charge on any atom is 0.262 e. The number of thiophene rings is 1. The third-order valence-corrected chi connectivity index (χ3v) is 5.84. The largest absolute Gasteiger partial charge is 0.482 e. The quantitative estimate of drug-likeness (QED) is 0.877. The number of ether oxygens (including phenoxy) is 1. The first-order chi connectivity index (χ1) is 12.2. The van der Waals surface area contributed by atoms with Crippen molar-refractivity contribution in [2.45, 2.75) is 31.7 Å². The van der Waals surface area contributed by atoms with Crippen LogP contribution in [0.25, 0.3) is 0 Å². The predicted molar refractivity (Wildman–Crippen MR) is 97.1 cm³/mol. The molecule has 1 saturated carbocycles. The molecule has 2 amide bonds. The van der Waals surface area contributed by atoms with Gasteiger partial charge in [0.1, 0.15) is 5.75 Å². The van der Waals surface area contributed by atoms with Gasteiger partial charge in [-0.1, -0.05) is 18.9 Å². The Kier molecular flexibility index (Phi) is 4.44. The molecule has 0 unspecified atom stereocenters. The van der Waals surface area contributed by atoms with Crippen molar-refractivity contribution in [2.24, 2.45) is 5.92 Å². The van der Waals surface area contributed by atoms with E-state index in [4.69, 9.17) is 4.74 Å². The zero-order valence-corrected chi connectivity index (χ0v) is 14.6. The summed E-state index contributed by atoms with van der Waals surface area (Å²) in [6.07, 6.45) is 4.77. The molecule has 2 aliphatic rings. The lowest BCUT2D eigenvalue weighted by Crippen LogP contribution is -2.32. The maximum absolute atomic E-state index is 12.8. The maximum atomic E-state index is 12.8. The highest BCUT2D eigenvalue weighted by Crippen LogP contribution is 2.37. The lowest BCUT2D eigenvalue weighted by Gasteiger charge is -2.24. The van der Waals surface area contributed by atoms with Crippen molar-refractivity contribution in [3.8, 4) is 5.75 Å². The first-order valence-electron chi connectivity index (χ1n) is 8.61.